The summed E-state index contributed by atoms with van der Waals surface area (Å²) in [5, 5.41) is 2.28. The Labute approximate surface area is 121 Å². The van der Waals surface area contributed by atoms with E-state index in [-0.39, 0.29) is 16.7 Å². The quantitative estimate of drug-likeness (QED) is 0.443. The maximum Gasteiger partial charge on any atom is 0.316 e. The van der Waals surface area contributed by atoms with Crippen LogP contribution in [0, 0.1) is 5.41 Å². The summed E-state index contributed by atoms with van der Waals surface area (Å²) < 4.78 is 5.11. The van der Waals surface area contributed by atoms with E-state index in [1.165, 1.54) is 4.90 Å². The minimum absolute atomic E-state index is 0.153. The van der Waals surface area contributed by atoms with Crippen LogP contribution in [0.2, 0.25) is 0 Å². The van der Waals surface area contributed by atoms with Crippen LogP contribution in [0.1, 0.15) is 13.8 Å². The van der Waals surface area contributed by atoms with Gasteiger partial charge in [-0.05, 0) is 17.5 Å². The summed E-state index contributed by atoms with van der Waals surface area (Å²) in [6, 6.07) is 10.1. The zero-order chi connectivity index (χ0) is 13.4. The zero-order valence-electron chi connectivity index (χ0n) is 10.6. The Hall–Kier alpha value is -0.740. The first kappa shape index (κ1) is 15.3. The molecule has 0 aliphatic heterocycles. The molecule has 0 atom stereocenters. The van der Waals surface area contributed by atoms with Crippen LogP contribution in [0.5, 0.6) is 0 Å². The normalized spacial score (nSPS) is 11.7. The Kier molecular flexibility index (Phi) is 6.50. The van der Waals surface area contributed by atoms with Gasteiger partial charge in [0.1, 0.15) is 5.33 Å². The lowest BCUT2D eigenvalue weighted by molar-refractivity contribution is -0.142. The van der Waals surface area contributed by atoms with Crippen molar-refractivity contribution in [3.05, 3.63) is 41.8 Å². The largest absolute Gasteiger partial charge is 0.464 e. The molecule has 0 heterocycles. The first-order valence-electron chi connectivity index (χ1n) is 5.64. The van der Waals surface area contributed by atoms with E-state index in [1.807, 2.05) is 37.5 Å². The molecule has 0 saturated heterocycles. The molecule has 0 aliphatic carbocycles. The molecule has 0 spiro atoms. The Bertz CT molecular complexity index is 402. The Morgan fingerprint density at radius 3 is 2.67 bits per heavy atom. The van der Waals surface area contributed by atoms with E-state index in [2.05, 4.69) is 34.1 Å². The van der Waals surface area contributed by atoms with Crippen LogP contribution in [0.4, 0.5) is 0 Å². The number of thioether (sulfide) groups is 1. The number of carbonyl (C=O) groups excluding carboxylic acids is 1. The third-order valence-corrected chi connectivity index (χ3v) is 3.46. The second-order valence-electron chi connectivity index (χ2n) is 4.52. The lowest BCUT2D eigenvalue weighted by Crippen LogP contribution is -2.20. The molecule has 0 aliphatic rings. The summed E-state index contributed by atoms with van der Waals surface area (Å²) in [7, 11) is 0. The van der Waals surface area contributed by atoms with Gasteiger partial charge in [0.15, 0.2) is 0 Å². The van der Waals surface area contributed by atoms with Crippen molar-refractivity contribution in [3.63, 3.8) is 0 Å². The lowest BCUT2D eigenvalue weighted by atomic mass is 9.95. The highest BCUT2D eigenvalue weighted by Crippen LogP contribution is 2.24. The van der Waals surface area contributed by atoms with Gasteiger partial charge in [-0.3, -0.25) is 4.79 Å². The summed E-state index contributed by atoms with van der Waals surface area (Å²) in [6.07, 6.45) is 2.06. The molecule has 1 aromatic carbocycles. The highest BCUT2D eigenvalue weighted by Gasteiger charge is 2.16. The van der Waals surface area contributed by atoms with Crippen LogP contribution < -0.4 is 0 Å². The third kappa shape index (κ3) is 6.26. The molecule has 0 saturated carbocycles. The number of ether oxygens (including phenoxy) is 1. The van der Waals surface area contributed by atoms with Crippen molar-refractivity contribution in [1.82, 2.24) is 0 Å². The Morgan fingerprint density at radius 2 is 2.06 bits per heavy atom. The molecule has 0 bridgehead atoms. The van der Waals surface area contributed by atoms with Crippen molar-refractivity contribution in [1.29, 1.82) is 0 Å². The van der Waals surface area contributed by atoms with Gasteiger partial charge in [-0.15, -0.1) is 0 Å². The predicted octanol–water partition coefficient (Wildman–Crippen LogP) is 4.26. The molecule has 0 N–H and O–H groups in total. The standard InChI is InChI=1S/C14H17BrO2S/c1-14(2,11-17-13(16)10-15)8-9-18-12-6-4-3-5-7-12/h3-9H,10-11H2,1-2H3/b9-8+. The maximum atomic E-state index is 11.1. The highest BCUT2D eigenvalue weighted by atomic mass is 79.9. The molecular formula is C14H17BrO2S. The van der Waals surface area contributed by atoms with Crippen LogP contribution in [-0.2, 0) is 9.53 Å². The molecule has 0 amide bonds. The molecular weight excluding hydrogens is 312 g/mol. The van der Waals surface area contributed by atoms with Gasteiger partial charge in [0.2, 0.25) is 0 Å². The average molecular weight is 329 g/mol. The predicted molar refractivity (Wildman–Crippen MR) is 80.0 cm³/mol. The number of rotatable bonds is 6. The maximum absolute atomic E-state index is 11.1. The summed E-state index contributed by atoms with van der Waals surface area (Å²) in [6.45, 7) is 4.47. The fourth-order valence-corrected chi connectivity index (χ4v) is 2.22. The van der Waals surface area contributed by atoms with E-state index in [4.69, 9.17) is 4.74 Å². The summed E-state index contributed by atoms with van der Waals surface area (Å²) in [5.41, 5.74) is -0.153. The molecule has 4 heteroatoms. The van der Waals surface area contributed by atoms with Crippen LogP contribution in [0.15, 0.2) is 46.7 Å². The molecule has 0 fully saturated rings. The van der Waals surface area contributed by atoms with E-state index in [0.29, 0.717) is 6.61 Å². The number of benzene rings is 1. The van der Waals surface area contributed by atoms with E-state index < -0.39 is 0 Å². The van der Waals surface area contributed by atoms with Gasteiger partial charge in [-0.2, -0.15) is 0 Å². The van der Waals surface area contributed by atoms with Gasteiger partial charge in [-0.1, -0.05) is 65.8 Å². The van der Waals surface area contributed by atoms with Crippen molar-refractivity contribution in [2.24, 2.45) is 5.41 Å². The molecule has 1 aromatic rings. The van der Waals surface area contributed by atoms with Gasteiger partial charge in [-0.25, -0.2) is 0 Å². The Balaban J connectivity index is 2.42. The van der Waals surface area contributed by atoms with Crippen LogP contribution in [0.3, 0.4) is 0 Å². The van der Waals surface area contributed by atoms with Gasteiger partial charge in [0, 0.05) is 10.3 Å². The zero-order valence-corrected chi connectivity index (χ0v) is 13.0. The van der Waals surface area contributed by atoms with Gasteiger partial charge >= 0.3 is 5.97 Å². The van der Waals surface area contributed by atoms with Gasteiger partial charge in [0.25, 0.3) is 0 Å². The second kappa shape index (κ2) is 7.64. The minimum atomic E-state index is -0.229. The molecule has 0 unspecified atom stereocenters. The topological polar surface area (TPSA) is 26.3 Å². The molecule has 98 valence electrons. The van der Waals surface area contributed by atoms with Crippen LogP contribution in [-0.4, -0.2) is 17.9 Å². The van der Waals surface area contributed by atoms with Crippen molar-refractivity contribution in [3.8, 4) is 0 Å². The summed E-state index contributed by atoms with van der Waals surface area (Å²) in [5.74, 6) is -0.229. The number of hydrogen-bond donors (Lipinski definition) is 0. The number of carbonyl (C=O) groups is 1. The monoisotopic (exact) mass is 328 g/mol. The third-order valence-electron chi connectivity index (χ3n) is 2.18. The van der Waals surface area contributed by atoms with Gasteiger partial charge < -0.3 is 4.74 Å². The van der Waals surface area contributed by atoms with Crippen LogP contribution in [0.25, 0.3) is 0 Å². The minimum Gasteiger partial charge on any atom is -0.464 e. The van der Waals surface area contributed by atoms with Gasteiger partial charge in [0.05, 0.1) is 6.61 Å². The average Bonchev–Trinajstić information content (AvgIpc) is 2.37. The Morgan fingerprint density at radius 1 is 1.39 bits per heavy atom. The molecule has 1 rings (SSSR count). The van der Waals surface area contributed by atoms with Crippen molar-refractivity contribution >= 4 is 33.7 Å². The number of hydrogen-bond acceptors (Lipinski definition) is 3. The van der Waals surface area contributed by atoms with E-state index in [1.54, 1.807) is 11.8 Å². The number of halogens is 1. The van der Waals surface area contributed by atoms with E-state index >= 15 is 0 Å². The molecule has 0 radical (unpaired) electrons. The van der Waals surface area contributed by atoms with Crippen molar-refractivity contribution in [2.45, 2.75) is 18.7 Å². The fraction of sp³-hybridized carbons (Fsp3) is 0.357. The number of esters is 1. The lowest BCUT2D eigenvalue weighted by Gasteiger charge is -2.19. The fourth-order valence-electron chi connectivity index (χ4n) is 1.15. The number of alkyl halides is 1. The van der Waals surface area contributed by atoms with E-state index in [9.17, 15) is 4.79 Å². The van der Waals surface area contributed by atoms with E-state index in [0.717, 1.165) is 0 Å². The SMILES string of the molecule is CC(C)(/C=C/Sc1ccccc1)COC(=O)CBr. The van der Waals surface area contributed by atoms with Crippen LogP contribution >= 0.6 is 27.7 Å². The molecule has 18 heavy (non-hydrogen) atoms. The molecule has 0 aromatic heterocycles. The smallest absolute Gasteiger partial charge is 0.316 e. The first-order valence-corrected chi connectivity index (χ1v) is 7.64. The van der Waals surface area contributed by atoms with Crippen molar-refractivity contribution < 1.29 is 9.53 Å². The summed E-state index contributed by atoms with van der Waals surface area (Å²) in [4.78, 5) is 12.3. The highest BCUT2D eigenvalue weighted by molar-refractivity contribution is 9.09. The first-order chi connectivity index (χ1) is 8.53. The summed E-state index contributed by atoms with van der Waals surface area (Å²) >= 11 is 4.73. The second-order valence-corrected chi connectivity index (χ2v) is 6.06. The van der Waals surface area contributed by atoms with Crippen molar-refractivity contribution in [2.75, 3.05) is 11.9 Å². The molecule has 2 nitrogen and oxygen atoms in total.